The van der Waals surface area contributed by atoms with Crippen molar-refractivity contribution in [1.82, 2.24) is 14.9 Å². The van der Waals surface area contributed by atoms with E-state index in [1.807, 2.05) is 4.98 Å². The Morgan fingerprint density at radius 1 is 1.30 bits per heavy atom. The number of carbonyl (C=O) groups is 2. The molecule has 144 valence electrons. The molecule has 1 aromatic carbocycles. The number of benzene rings is 1. The van der Waals surface area contributed by atoms with Crippen LogP contribution in [0.2, 0.25) is 0 Å². The number of rotatable bonds is 4. The highest BCUT2D eigenvalue weighted by molar-refractivity contribution is 6.01. The molecule has 1 unspecified atom stereocenters. The average Bonchev–Trinajstić information content (AvgIpc) is 3.30. The largest absolute Gasteiger partial charge is 0.497 e. The van der Waals surface area contributed by atoms with E-state index in [-0.39, 0.29) is 11.9 Å². The van der Waals surface area contributed by atoms with Crippen LogP contribution in [-0.4, -0.2) is 46.4 Å². The lowest BCUT2D eigenvalue weighted by Gasteiger charge is -2.23. The van der Waals surface area contributed by atoms with Crippen LogP contribution in [0.1, 0.15) is 28.9 Å². The summed E-state index contributed by atoms with van der Waals surface area (Å²) in [6.45, 7) is 0.384. The standard InChI is InChI=1S/C17H17F3N4O3/c1-27-11-6-4-10(5-7-11)15(26)24-8-2-3-12(24)14(25)23-16-21-9-13(22-16)17(18,19)20/h4-7,9,12H,2-3,8H2,1H3,(H2,21,22,23,25). The minimum Gasteiger partial charge on any atom is -0.497 e. The van der Waals surface area contributed by atoms with E-state index in [2.05, 4.69) is 10.3 Å². The number of aromatic amines is 1. The highest BCUT2D eigenvalue weighted by atomic mass is 19.4. The zero-order valence-electron chi connectivity index (χ0n) is 14.3. The van der Waals surface area contributed by atoms with Crippen molar-refractivity contribution >= 4 is 17.8 Å². The number of nitrogens with zero attached hydrogens (tertiary/aromatic N) is 2. The number of amides is 2. The summed E-state index contributed by atoms with van der Waals surface area (Å²) in [7, 11) is 1.51. The van der Waals surface area contributed by atoms with Crippen molar-refractivity contribution in [3.8, 4) is 5.75 Å². The first-order valence-corrected chi connectivity index (χ1v) is 8.17. The highest BCUT2D eigenvalue weighted by Gasteiger charge is 2.36. The maximum Gasteiger partial charge on any atom is 0.432 e. The fraction of sp³-hybridized carbons (Fsp3) is 0.353. The number of anilines is 1. The summed E-state index contributed by atoms with van der Waals surface area (Å²) in [4.78, 5) is 32.1. The first kappa shape index (κ1) is 18.7. The van der Waals surface area contributed by atoms with Crippen molar-refractivity contribution < 1.29 is 27.5 Å². The molecule has 2 N–H and O–H groups in total. The van der Waals surface area contributed by atoms with Crippen LogP contribution in [0.3, 0.4) is 0 Å². The van der Waals surface area contributed by atoms with Crippen LogP contribution in [0.25, 0.3) is 0 Å². The minimum absolute atomic E-state index is 0.309. The van der Waals surface area contributed by atoms with E-state index >= 15 is 0 Å². The van der Waals surface area contributed by atoms with E-state index in [9.17, 15) is 22.8 Å². The molecule has 0 bridgehead atoms. The van der Waals surface area contributed by atoms with Gasteiger partial charge in [0.25, 0.3) is 5.91 Å². The van der Waals surface area contributed by atoms with Gasteiger partial charge in [0.05, 0.1) is 13.3 Å². The zero-order chi connectivity index (χ0) is 19.6. The molecule has 0 saturated carbocycles. The number of halogens is 3. The molecule has 27 heavy (non-hydrogen) atoms. The molecule has 0 radical (unpaired) electrons. The Labute approximate surface area is 152 Å². The van der Waals surface area contributed by atoms with Crippen LogP contribution in [0.15, 0.2) is 30.5 Å². The van der Waals surface area contributed by atoms with Gasteiger partial charge in [-0.2, -0.15) is 13.2 Å². The molecule has 7 nitrogen and oxygen atoms in total. The number of H-pyrrole nitrogens is 1. The normalized spacial score (nSPS) is 17.0. The van der Waals surface area contributed by atoms with Crippen LogP contribution in [0.4, 0.5) is 19.1 Å². The third kappa shape index (κ3) is 4.04. The second kappa shape index (κ2) is 7.29. The quantitative estimate of drug-likeness (QED) is 0.851. The second-order valence-electron chi connectivity index (χ2n) is 6.02. The molecule has 10 heteroatoms. The van der Waals surface area contributed by atoms with Crippen molar-refractivity contribution in [2.45, 2.75) is 25.1 Å². The van der Waals surface area contributed by atoms with Gasteiger partial charge in [-0.25, -0.2) is 4.98 Å². The lowest BCUT2D eigenvalue weighted by Crippen LogP contribution is -2.43. The summed E-state index contributed by atoms with van der Waals surface area (Å²) < 4.78 is 42.9. The van der Waals surface area contributed by atoms with E-state index in [4.69, 9.17) is 4.74 Å². The van der Waals surface area contributed by atoms with Gasteiger partial charge in [0.1, 0.15) is 17.5 Å². The maximum absolute atomic E-state index is 12.7. The summed E-state index contributed by atoms with van der Waals surface area (Å²) in [5, 5.41) is 2.31. The van der Waals surface area contributed by atoms with Gasteiger partial charge in [-0.1, -0.05) is 0 Å². The Balaban J connectivity index is 1.70. The van der Waals surface area contributed by atoms with Crippen molar-refractivity contribution in [2.75, 3.05) is 19.0 Å². The molecule has 1 saturated heterocycles. The predicted molar refractivity (Wildman–Crippen MR) is 89.3 cm³/mol. The minimum atomic E-state index is -4.58. The Hall–Kier alpha value is -3.04. The van der Waals surface area contributed by atoms with Crippen molar-refractivity contribution in [2.24, 2.45) is 0 Å². The molecule has 2 aromatic rings. The first-order chi connectivity index (χ1) is 12.8. The molecular weight excluding hydrogens is 365 g/mol. The molecule has 0 spiro atoms. The van der Waals surface area contributed by atoms with Gasteiger partial charge in [0.2, 0.25) is 11.9 Å². The number of aromatic nitrogens is 2. The van der Waals surface area contributed by atoms with Crippen LogP contribution < -0.4 is 10.1 Å². The van der Waals surface area contributed by atoms with E-state index in [0.29, 0.717) is 36.9 Å². The van der Waals surface area contributed by atoms with Crippen LogP contribution >= 0.6 is 0 Å². The summed E-state index contributed by atoms with van der Waals surface area (Å²) in [6.07, 6.45) is -2.95. The summed E-state index contributed by atoms with van der Waals surface area (Å²) in [6, 6.07) is 5.69. The van der Waals surface area contributed by atoms with Gasteiger partial charge in [-0.3, -0.25) is 14.9 Å². The van der Waals surface area contributed by atoms with E-state index in [1.54, 1.807) is 24.3 Å². The number of carbonyl (C=O) groups excluding carboxylic acids is 2. The summed E-state index contributed by atoms with van der Waals surface area (Å²) >= 11 is 0. The summed E-state index contributed by atoms with van der Waals surface area (Å²) in [5.74, 6) is -0.625. The SMILES string of the molecule is COc1ccc(C(=O)N2CCCC2C(=O)Nc2ncc(C(F)(F)F)[nH]2)cc1. The molecule has 0 aliphatic carbocycles. The first-order valence-electron chi connectivity index (χ1n) is 8.17. The van der Waals surface area contributed by atoms with Gasteiger partial charge in [0.15, 0.2) is 0 Å². The fourth-order valence-electron chi connectivity index (χ4n) is 2.91. The Kier molecular flexibility index (Phi) is 5.06. The number of hydrogen-bond acceptors (Lipinski definition) is 4. The molecule has 1 aliphatic rings. The number of ether oxygens (including phenoxy) is 1. The molecule has 2 heterocycles. The van der Waals surface area contributed by atoms with Crippen LogP contribution in [-0.2, 0) is 11.0 Å². The topological polar surface area (TPSA) is 87.3 Å². The fourth-order valence-corrected chi connectivity index (χ4v) is 2.91. The Morgan fingerprint density at radius 3 is 2.59 bits per heavy atom. The lowest BCUT2D eigenvalue weighted by atomic mass is 10.1. The number of hydrogen-bond donors (Lipinski definition) is 2. The van der Waals surface area contributed by atoms with Gasteiger partial charge >= 0.3 is 6.18 Å². The molecular formula is C17H17F3N4O3. The number of imidazole rings is 1. The molecule has 1 fully saturated rings. The molecule has 2 amide bonds. The summed E-state index contributed by atoms with van der Waals surface area (Å²) in [5.41, 5.74) is -0.664. The number of nitrogens with one attached hydrogen (secondary N) is 2. The molecule has 1 aromatic heterocycles. The third-order valence-electron chi connectivity index (χ3n) is 4.28. The average molecular weight is 382 g/mol. The predicted octanol–water partition coefficient (Wildman–Crippen LogP) is 2.68. The zero-order valence-corrected chi connectivity index (χ0v) is 14.3. The van der Waals surface area contributed by atoms with Crippen molar-refractivity contribution in [1.29, 1.82) is 0 Å². The monoisotopic (exact) mass is 382 g/mol. The lowest BCUT2D eigenvalue weighted by molar-refractivity contribution is -0.140. The van der Waals surface area contributed by atoms with Gasteiger partial charge in [-0.05, 0) is 37.1 Å². The van der Waals surface area contributed by atoms with Gasteiger partial charge in [0, 0.05) is 12.1 Å². The highest BCUT2D eigenvalue weighted by Crippen LogP contribution is 2.28. The third-order valence-corrected chi connectivity index (χ3v) is 4.28. The van der Waals surface area contributed by atoms with E-state index in [0.717, 1.165) is 0 Å². The van der Waals surface area contributed by atoms with Crippen LogP contribution in [0, 0.1) is 0 Å². The Morgan fingerprint density at radius 2 is 2.00 bits per heavy atom. The van der Waals surface area contributed by atoms with Crippen LogP contribution in [0.5, 0.6) is 5.75 Å². The molecule has 3 rings (SSSR count). The van der Waals surface area contributed by atoms with E-state index < -0.39 is 23.8 Å². The van der Waals surface area contributed by atoms with Gasteiger partial charge < -0.3 is 14.6 Å². The molecule has 1 aliphatic heterocycles. The number of methoxy groups -OCH3 is 1. The smallest absolute Gasteiger partial charge is 0.432 e. The maximum atomic E-state index is 12.7. The Bertz CT molecular complexity index is 833. The number of alkyl halides is 3. The van der Waals surface area contributed by atoms with Crippen molar-refractivity contribution in [3.05, 3.63) is 41.7 Å². The van der Waals surface area contributed by atoms with E-state index in [1.165, 1.54) is 12.0 Å². The second-order valence-corrected chi connectivity index (χ2v) is 6.02. The van der Waals surface area contributed by atoms with Gasteiger partial charge in [-0.15, -0.1) is 0 Å². The number of likely N-dealkylation sites (tertiary alicyclic amines) is 1. The molecule has 1 atom stereocenters. The van der Waals surface area contributed by atoms with Crippen molar-refractivity contribution in [3.63, 3.8) is 0 Å².